The summed E-state index contributed by atoms with van der Waals surface area (Å²) in [4.78, 5) is 15.0. The maximum Gasteiger partial charge on any atom is 0.357 e. The minimum absolute atomic E-state index is 0.290. The number of nitrogens with zero attached hydrogens (tertiary/aromatic N) is 2. The van der Waals surface area contributed by atoms with E-state index < -0.39 is 5.97 Å². The van der Waals surface area contributed by atoms with Crippen LogP contribution >= 0.6 is 11.3 Å². The third-order valence-electron chi connectivity index (χ3n) is 1.16. The number of esters is 1. The van der Waals surface area contributed by atoms with Gasteiger partial charge in [-0.25, -0.2) is 9.78 Å². The summed E-state index contributed by atoms with van der Waals surface area (Å²) in [5.74, 6) is -0.420. The third-order valence-corrected chi connectivity index (χ3v) is 1.91. The van der Waals surface area contributed by atoms with Crippen molar-refractivity contribution in [1.29, 1.82) is 0 Å². The Hall–Kier alpha value is -1.43. The number of rotatable bonds is 4. The summed E-state index contributed by atoms with van der Waals surface area (Å²) in [5, 5.41) is 5.55. The van der Waals surface area contributed by atoms with E-state index in [0.29, 0.717) is 11.7 Å². The first kappa shape index (κ1) is 9.66. The molecular formula is C7H9N3O2S. The number of hydrogen-bond acceptors (Lipinski definition) is 6. The Bertz CT molecular complexity index is 310. The zero-order valence-electron chi connectivity index (χ0n) is 7.11. The normalized spacial score (nSPS) is 9.31. The standard InChI is InChI=1S/C7H9N3O2S/c1-3-12-6(11)5-4-13-7(9-5)10-8-2/h4H,2-3H2,1H3,(H,9,10). The molecule has 0 aliphatic rings. The summed E-state index contributed by atoms with van der Waals surface area (Å²) in [6, 6.07) is 0. The van der Waals surface area contributed by atoms with Crippen molar-refractivity contribution in [3.05, 3.63) is 11.1 Å². The van der Waals surface area contributed by atoms with Gasteiger partial charge in [-0.3, -0.25) is 5.43 Å². The van der Waals surface area contributed by atoms with Gasteiger partial charge in [-0.2, -0.15) is 5.10 Å². The first-order chi connectivity index (χ1) is 6.27. The van der Waals surface area contributed by atoms with E-state index in [1.54, 1.807) is 12.3 Å². The Morgan fingerprint density at radius 3 is 3.31 bits per heavy atom. The molecule has 0 bridgehead atoms. The van der Waals surface area contributed by atoms with E-state index in [0.717, 1.165) is 0 Å². The quantitative estimate of drug-likeness (QED) is 0.451. The molecule has 0 aliphatic carbocycles. The van der Waals surface area contributed by atoms with Gasteiger partial charge in [0.25, 0.3) is 0 Å². The van der Waals surface area contributed by atoms with Crippen LogP contribution in [0.3, 0.4) is 0 Å². The Morgan fingerprint density at radius 1 is 1.92 bits per heavy atom. The molecule has 0 saturated carbocycles. The summed E-state index contributed by atoms with van der Waals surface area (Å²) in [6.07, 6.45) is 0. The van der Waals surface area contributed by atoms with E-state index in [-0.39, 0.29) is 5.69 Å². The smallest absolute Gasteiger partial charge is 0.357 e. The Labute approximate surface area is 79.4 Å². The van der Waals surface area contributed by atoms with Crippen LogP contribution in [0, 0.1) is 0 Å². The Balaban J connectivity index is 2.67. The molecule has 0 amide bonds. The molecule has 6 heteroatoms. The van der Waals surface area contributed by atoms with Crippen LogP contribution in [0.1, 0.15) is 17.4 Å². The summed E-state index contributed by atoms with van der Waals surface area (Å²) < 4.78 is 4.75. The van der Waals surface area contributed by atoms with Crippen LogP contribution in [-0.4, -0.2) is 24.3 Å². The van der Waals surface area contributed by atoms with Crippen LogP contribution in [0.4, 0.5) is 5.13 Å². The topological polar surface area (TPSA) is 63.6 Å². The maximum absolute atomic E-state index is 11.1. The van der Waals surface area contributed by atoms with Crippen molar-refractivity contribution in [1.82, 2.24) is 4.98 Å². The minimum atomic E-state index is -0.420. The fraction of sp³-hybridized carbons (Fsp3) is 0.286. The number of aromatic nitrogens is 1. The Kier molecular flexibility index (Phi) is 3.39. The molecule has 1 rings (SSSR count). The number of carbonyl (C=O) groups is 1. The molecule has 1 aromatic rings. The van der Waals surface area contributed by atoms with Crippen LogP contribution in [-0.2, 0) is 4.74 Å². The van der Waals surface area contributed by atoms with Gasteiger partial charge in [-0.1, -0.05) is 0 Å². The Morgan fingerprint density at radius 2 is 2.69 bits per heavy atom. The van der Waals surface area contributed by atoms with Gasteiger partial charge in [-0.05, 0) is 6.92 Å². The average Bonchev–Trinajstić information content (AvgIpc) is 2.54. The lowest BCUT2D eigenvalue weighted by atomic mass is 10.5. The van der Waals surface area contributed by atoms with Crippen molar-refractivity contribution in [3.63, 3.8) is 0 Å². The van der Waals surface area contributed by atoms with Crippen LogP contribution in [0.25, 0.3) is 0 Å². The lowest BCUT2D eigenvalue weighted by Crippen LogP contribution is -2.04. The largest absolute Gasteiger partial charge is 0.461 e. The number of thiazole rings is 1. The van der Waals surface area contributed by atoms with Crippen LogP contribution < -0.4 is 5.43 Å². The van der Waals surface area contributed by atoms with Crippen LogP contribution in [0.2, 0.25) is 0 Å². The number of nitrogens with one attached hydrogen (secondary N) is 1. The van der Waals surface area contributed by atoms with Gasteiger partial charge in [0, 0.05) is 12.1 Å². The first-order valence-electron chi connectivity index (χ1n) is 3.62. The predicted molar refractivity (Wildman–Crippen MR) is 51.2 cm³/mol. The third kappa shape index (κ3) is 2.51. The van der Waals surface area contributed by atoms with E-state index in [2.05, 4.69) is 22.2 Å². The summed E-state index contributed by atoms with van der Waals surface area (Å²) in [5.41, 5.74) is 2.83. The molecule has 0 aliphatic heterocycles. The molecule has 70 valence electrons. The first-order valence-corrected chi connectivity index (χ1v) is 4.50. The molecule has 1 heterocycles. The summed E-state index contributed by atoms with van der Waals surface area (Å²) in [6.45, 7) is 5.33. The zero-order chi connectivity index (χ0) is 9.68. The van der Waals surface area contributed by atoms with E-state index in [1.807, 2.05) is 0 Å². The van der Waals surface area contributed by atoms with E-state index in [9.17, 15) is 4.79 Å². The van der Waals surface area contributed by atoms with Crippen molar-refractivity contribution < 1.29 is 9.53 Å². The van der Waals surface area contributed by atoms with Crippen LogP contribution in [0.5, 0.6) is 0 Å². The van der Waals surface area contributed by atoms with E-state index >= 15 is 0 Å². The average molecular weight is 199 g/mol. The molecule has 13 heavy (non-hydrogen) atoms. The van der Waals surface area contributed by atoms with Gasteiger partial charge in [-0.15, -0.1) is 11.3 Å². The fourth-order valence-electron chi connectivity index (χ4n) is 0.692. The highest BCUT2D eigenvalue weighted by Gasteiger charge is 2.10. The van der Waals surface area contributed by atoms with Gasteiger partial charge >= 0.3 is 5.97 Å². The fourth-order valence-corrected chi connectivity index (χ4v) is 1.33. The molecule has 0 saturated heterocycles. The molecule has 0 spiro atoms. The van der Waals surface area contributed by atoms with Gasteiger partial charge in [0.1, 0.15) is 0 Å². The summed E-state index contributed by atoms with van der Waals surface area (Å²) >= 11 is 1.27. The van der Waals surface area contributed by atoms with Crippen LogP contribution in [0.15, 0.2) is 10.5 Å². The minimum Gasteiger partial charge on any atom is -0.461 e. The van der Waals surface area contributed by atoms with Gasteiger partial charge in [0.15, 0.2) is 5.69 Å². The lowest BCUT2D eigenvalue weighted by Gasteiger charge is -1.95. The van der Waals surface area contributed by atoms with E-state index in [1.165, 1.54) is 11.3 Å². The monoisotopic (exact) mass is 199 g/mol. The van der Waals surface area contributed by atoms with Gasteiger partial charge in [0.2, 0.25) is 5.13 Å². The lowest BCUT2D eigenvalue weighted by molar-refractivity contribution is 0.0520. The molecule has 0 aromatic carbocycles. The van der Waals surface area contributed by atoms with Gasteiger partial charge < -0.3 is 4.74 Å². The highest BCUT2D eigenvalue weighted by atomic mass is 32.1. The number of hydrazone groups is 1. The predicted octanol–water partition coefficient (Wildman–Crippen LogP) is 1.35. The second-order valence-electron chi connectivity index (χ2n) is 2.03. The molecule has 1 N–H and O–H groups in total. The van der Waals surface area contributed by atoms with Crippen molar-refractivity contribution in [2.75, 3.05) is 12.0 Å². The zero-order valence-corrected chi connectivity index (χ0v) is 7.93. The molecule has 0 fully saturated rings. The second-order valence-corrected chi connectivity index (χ2v) is 2.89. The van der Waals surface area contributed by atoms with Crippen molar-refractivity contribution >= 4 is 29.2 Å². The highest BCUT2D eigenvalue weighted by Crippen LogP contribution is 2.15. The van der Waals surface area contributed by atoms with Gasteiger partial charge in [0.05, 0.1) is 6.61 Å². The highest BCUT2D eigenvalue weighted by molar-refractivity contribution is 7.13. The number of ether oxygens (including phenoxy) is 1. The number of carbonyl (C=O) groups excluding carboxylic acids is 1. The molecule has 5 nitrogen and oxygen atoms in total. The summed E-state index contributed by atoms with van der Waals surface area (Å²) in [7, 11) is 0. The second kappa shape index (κ2) is 4.56. The molecule has 1 aromatic heterocycles. The maximum atomic E-state index is 11.1. The number of anilines is 1. The molecule has 0 unspecified atom stereocenters. The van der Waals surface area contributed by atoms with Crippen molar-refractivity contribution in [2.45, 2.75) is 6.92 Å². The molecule has 0 radical (unpaired) electrons. The van der Waals surface area contributed by atoms with Crippen molar-refractivity contribution in [2.24, 2.45) is 5.10 Å². The van der Waals surface area contributed by atoms with Crippen molar-refractivity contribution in [3.8, 4) is 0 Å². The molecule has 0 atom stereocenters. The molecular weight excluding hydrogens is 190 g/mol. The van der Waals surface area contributed by atoms with E-state index in [4.69, 9.17) is 4.74 Å². The SMILES string of the molecule is C=NNc1nc(C(=O)OCC)cs1. The number of hydrogen-bond donors (Lipinski definition) is 1.